The molecule has 6 nitrogen and oxygen atoms in total. The third-order valence-electron chi connectivity index (χ3n) is 3.15. The van der Waals surface area contributed by atoms with Gasteiger partial charge in [0.05, 0.1) is 18.8 Å². The molecular weight excluding hydrogens is 218 g/mol. The van der Waals surface area contributed by atoms with Crippen molar-refractivity contribution < 1.29 is 4.74 Å². The Morgan fingerprint density at radius 3 is 3.24 bits per heavy atom. The number of aromatic nitrogens is 3. The highest BCUT2D eigenvalue weighted by Gasteiger charge is 2.19. The highest BCUT2D eigenvalue weighted by molar-refractivity contribution is 4.91. The van der Waals surface area contributed by atoms with E-state index in [0.29, 0.717) is 6.04 Å². The Balaban J connectivity index is 1.76. The van der Waals surface area contributed by atoms with E-state index in [4.69, 9.17) is 4.74 Å². The largest absolute Gasteiger partial charge is 0.380 e. The molecule has 0 saturated carbocycles. The van der Waals surface area contributed by atoms with Gasteiger partial charge < -0.3 is 10.1 Å². The summed E-state index contributed by atoms with van der Waals surface area (Å²) in [5.74, 6) is 0. The van der Waals surface area contributed by atoms with Gasteiger partial charge in [0.15, 0.2) is 0 Å². The van der Waals surface area contributed by atoms with E-state index in [1.54, 1.807) is 0 Å². The van der Waals surface area contributed by atoms with Gasteiger partial charge in [-0.1, -0.05) is 5.21 Å². The zero-order chi connectivity index (χ0) is 12.1. The summed E-state index contributed by atoms with van der Waals surface area (Å²) in [4.78, 5) is 2.34. The predicted octanol–water partition coefficient (Wildman–Crippen LogP) is -0.282. The molecule has 6 heteroatoms. The number of nitrogens with zero attached hydrogens (tertiary/aromatic N) is 4. The molecule has 0 aliphatic carbocycles. The van der Waals surface area contributed by atoms with Gasteiger partial charge in [0.1, 0.15) is 0 Å². The van der Waals surface area contributed by atoms with Crippen LogP contribution in [0.1, 0.15) is 12.1 Å². The van der Waals surface area contributed by atoms with Crippen molar-refractivity contribution >= 4 is 0 Å². The molecule has 0 amide bonds. The van der Waals surface area contributed by atoms with Crippen LogP contribution in [0.5, 0.6) is 0 Å². The highest BCUT2D eigenvalue weighted by Crippen LogP contribution is 2.10. The summed E-state index contributed by atoms with van der Waals surface area (Å²) in [6, 6.07) is 0.565. The summed E-state index contributed by atoms with van der Waals surface area (Å²) in [7, 11) is 4.05. The number of rotatable bonds is 6. The number of ether oxygens (including phenoxy) is 1. The second-order valence-corrected chi connectivity index (χ2v) is 4.50. The third-order valence-corrected chi connectivity index (χ3v) is 3.15. The van der Waals surface area contributed by atoms with Crippen molar-refractivity contribution in [1.29, 1.82) is 0 Å². The molecule has 17 heavy (non-hydrogen) atoms. The van der Waals surface area contributed by atoms with Crippen LogP contribution in [0.15, 0.2) is 6.20 Å². The van der Waals surface area contributed by atoms with Crippen molar-refractivity contribution in [2.24, 2.45) is 0 Å². The van der Waals surface area contributed by atoms with E-state index in [2.05, 4.69) is 27.6 Å². The minimum Gasteiger partial charge on any atom is -0.380 e. The zero-order valence-electron chi connectivity index (χ0n) is 10.6. The smallest absolute Gasteiger partial charge is 0.0964 e. The van der Waals surface area contributed by atoms with Crippen LogP contribution in [0.2, 0.25) is 0 Å². The van der Waals surface area contributed by atoms with Crippen LogP contribution in [-0.4, -0.2) is 59.8 Å². The lowest BCUT2D eigenvalue weighted by Gasteiger charge is -2.22. The van der Waals surface area contributed by atoms with Crippen LogP contribution in [-0.2, 0) is 17.8 Å². The van der Waals surface area contributed by atoms with E-state index in [9.17, 15) is 0 Å². The number of likely N-dealkylation sites (N-methyl/N-ethyl adjacent to an activating group) is 1. The van der Waals surface area contributed by atoms with Gasteiger partial charge in [-0.15, -0.1) is 5.10 Å². The first-order valence-electron chi connectivity index (χ1n) is 6.11. The third kappa shape index (κ3) is 3.49. The maximum atomic E-state index is 5.38. The summed E-state index contributed by atoms with van der Waals surface area (Å²) in [6.07, 6.45) is 3.13. The molecule has 1 atom stereocenters. The van der Waals surface area contributed by atoms with Crippen LogP contribution in [0.3, 0.4) is 0 Å². The van der Waals surface area contributed by atoms with Crippen molar-refractivity contribution in [3.63, 3.8) is 0 Å². The molecule has 1 aliphatic heterocycles. The lowest BCUT2D eigenvalue weighted by molar-refractivity contribution is 0.156. The SMILES string of the molecule is CNCc1cn(CCN(C)C2CCOC2)nn1. The molecule has 1 aromatic heterocycles. The molecule has 96 valence electrons. The first-order chi connectivity index (χ1) is 8.29. The van der Waals surface area contributed by atoms with E-state index in [1.165, 1.54) is 0 Å². The highest BCUT2D eigenvalue weighted by atomic mass is 16.5. The number of hydrogen-bond acceptors (Lipinski definition) is 5. The van der Waals surface area contributed by atoms with Gasteiger partial charge in [0, 0.05) is 31.9 Å². The summed E-state index contributed by atoms with van der Waals surface area (Å²) in [5.41, 5.74) is 0.986. The lowest BCUT2D eigenvalue weighted by atomic mass is 10.2. The Hall–Kier alpha value is -0.980. The van der Waals surface area contributed by atoms with Gasteiger partial charge in [-0.25, -0.2) is 0 Å². The molecule has 1 fully saturated rings. The second-order valence-electron chi connectivity index (χ2n) is 4.50. The molecule has 0 bridgehead atoms. The number of hydrogen-bond donors (Lipinski definition) is 1. The Labute approximate surface area is 102 Å². The van der Waals surface area contributed by atoms with Crippen molar-refractivity contribution in [3.05, 3.63) is 11.9 Å². The topological polar surface area (TPSA) is 55.2 Å². The molecule has 1 saturated heterocycles. The fourth-order valence-electron chi connectivity index (χ4n) is 2.02. The standard InChI is InChI=1S/C11H21N5O/c1-12-7-10-8-16(14-13-10)5-4-15(2)11-3-6-17-9-11/h8,11-12H,3-7,9H2,1-2H3. The van der Waals surface area contributed by atoms with Gasteiger partial charge in [0.2, 0.25) is 0 Å². The quantitative estimate of drug-likeness (QED) is 0.740. The first kappa shape index (κ1) is 12.5. The molecule has 0 spiro atoms. The number of nitrogens with one attached hydrogen (secondary N) is 1. The van der Waals surface area contributed by atoms with Crippen molar-refractivity contribution in [3.8, 4) is 0 Å². The fraction of sp³-hybridized carbons (Fsp3) is 0.818. The van der Waals surface area contributed by atoms with Crippen molar-refractivity contribution in [1.82, 2.24) is 25.2 Å². The summed E-state index contributed by atoms with van der Waals surface area (Å²) >= 11 is 0. The maximum absolute atomic E-state index is 5.38. The average molecular weight is 239 g/mol. The van der Waals surface area contributed by atoms with Gasteiger partial charge in [-0.2, -0.15) is 0 Å². The van der Waals surface area contributed by atoms with E-state index < -0.39 is 0 Å². The monoisotopic (exact) mass is 239 g/mol. The van der Waals surface area contributed by atoms with E-state index in [-0.39, 0.29) is 0 Å². The van der Waals surface area contributed by atoms with Crippen LogP contribution in [0, 0.1) is 0 Å². The predicted molar refractivity (Wildman–Crippen MR) is 64.6 cm³/mol. The molecule has 1 aromatic rings. The molecule has 1 N–H and O–H groups in total. The van der Waals surface area contributed by atoms with Crippen LogP contribution in [0.25, 0.3) is 0 Å². The molecule has 1 aliphatic rings. The lowest BCUT2D eigenvalue weighted by Crippen LogP contribution is -2.34. The maximum Gasteiger partial charge on any atom is 0.0964 e. The van der Waals surface area contributed by atoms with Crippen LogP contribution < -0.4 is 5.32 Å². The van der Waals surface area contributed by atoms with Gasteiger partial charge in [-0.3, -0.25) is 9.58 Å². The average Bonchev–Trinajstić information content (AvgIpc) is 2.97. The summed E-state index contributed by atoms with van der Waals surface area (Å²) < 4.78 is 7.28. The van der Waals surface area contributed by atoms with Crippen LogP contribution >= 0.6 is 0 Å². The molecular formula is C11H21N5O. The second kappa shape index (κ2) is 6.09. The van der Waals surface area contributed by atoms with Crippen LogP contribution in [0.4, 0.5) is 0 Å². The van der Waals surface area contributed by atoms with Gasteiger partial charge in [-0.05, 0) is 20.5 Å². The van der Waals surface area contributed by atoms with E-state index in [0.717, 1.165) is 45.0 Å². The van der Waals surface area contributed by atoms with Gasteiger partial charge in [0.25, 0.3) is 0 Å². The van der Waals surface area contributed by atoms with E-state index >= 15 is 0 Å². The molecule has 2 heterocycles. The summed E-state index contributed by atoms with van der Waals surface area (Å²) in [5, 5.41) is 11.3. The van der Waals surface area contributed by atoms with Crippen molar-refractivity contribution in [2.45, 2.75) is 25.6 Å². The molecule has 2 rings (SSSR count). The molecule has 0 aromatic carbocycles. The Morgan fingerprint density at radius 2 is 2.53 bits per heavy atom. The van der Waals surface area contributed by atoms with Crippen molar-refractivity contribution in [2.75, 3.05) is 33.9 Å². The molecule has 1 unspecified atom stereocenters. The Kier molecular flexibility index (Phi) is 4.47. The molecule has 0 radical (unpaired) electrons. The Bertz CT molecular complexity index is 334. The fourth-order valence-corrected chi connectivity index (χ4v) is 2.02. The first-order valence-corrected chi connectivity index (χ1v) is 6.11. The minimum atomic E-state index is 0.565. The Morgan fingerprint density at radius 1 is 1.65 bits per heavy atom. The summed E-state index contributed by atoms with van der Waals surface area (Å²) in [6.45, 7) is 4.38. The normalized spacial score (nSPS) is 20.3. The van der Waals surface area contributed by atoms with E-state index in [1.807, 2.05) is 17.9 Å². The zero-order valence-corrected chi connectivity index (χ0v) is 10.6. The van der Waals surface area contributed by atoms with Gasteiger partial charge >= 0.3 is 0 Å². The minimum absolute atomic E-state index is 0.565.